The van der Waals surface area contributed by atoms with E-state index in [2.05, 4.69) is 4.90 Å². The zero-order valence-electron chi connectivity index (χ0n) is 14.2. The SMILES string of the molecule is CN(C)C[C@@H]1COCCN(C(=O)c2cccc(OCC(N)=O)c2)C1. The van der Waals surface area contributed by atoms with E-state index in [1.54, 1.807) is 24.3 Å². The lowest BCUT2D eigenvalue weighted by Gasteiger charge is -2.25. The van der Waals surface area contributed by atoms with Gasteiger partial charge >= 0.3 is 0 Å². The number of ether oxygens (including phenoxy) is 2. The third kappa shape index (κ3) is 5.50. The maximum absolute atomic E-state index is 12.8. The molecule has 0 radical (unpaired) electrons. The molecule has 0 spiro atoms. The summed E-state index contributed by atoms with van der Waals surface area (Å²) in [5.74, 6) is 0.119. The Morgan fingerprint density at radius 2 is 2.21 bits per heavy atom. The Hall–Kier alpha value is -2.12. The van der Waals surface area contributed by atoms with E-state index >= 15 is 0 Å². The van der Waals surface area contributed by atoms with Gasteiger partial charge in [-0.1, -0.05) is 6.07 Å². The molecular weight excluding hydrogens is 310 g/mol. The van der Waals surface area contributed by atoms with Crippen LogP contribution in [-0.4, -0.2) is 75.2 Å². The smallest absolute Gasteiger partial charge is 0.255 e. The van der Waals surface area contributed by atoms with Crippen molar-refractivity contribution in [1.82, 2.24) is 9.80 Å². The minimum Gasteiger partial charge on any atom is -0.484 e. The van der Waals surface area contributed by atoms with Crippen molar-refractivity contribution < 1.29 is 19.1 Å². The van der Waals surface area contributed by atoms with Crippen LogP contribution < -0.4 is 10.5 Å². The van der Waals surface area contributed by atoms with Crippen LogP contribution in [0.15, 0.2) is 24.3 Å². The number of amides is 2. The third-order valence-corrected chi connectivity index (χ3v) is 3.71. The lowest BCUT2D eigenvalue weighted by Crippen LogP contribution is -2.38. The van der Waals surface area contributed by atoms with Crippen molar-refractivity contribution in [2.45, 2.75) is 0 Å². The summed E-state index contributed by atoms with van der Waals surface area (Å²) in [6.07, 6.45) is 0. The van der Waals surface area contributed by atoms with Gasteiger partial charge in [0.2, 0.25) is 0 Å². The van der Waals surface area contributed by atoms with Gasteiger partial charge in [0.1, 0.15) is 5.75 Å². The van der Waals surface area contributed by atoms with E-state index in [-0.39, 0.29) is 18.4 Å². The molecule has 1 heterocycles. The maximum Gasteiger partial charge on any atom is 0.255 e. The van der Waals surface area contributed by atoms with Gasteiger partial charge in [0.05, 0.1) is 13.2 Å². The summed E-state index contributed by atoms with van der Waals surface area (Å²) in [6, 6.07) is 6.80. The van der Waals surface area contributed by atoms with E-state index in [4.69, 9.17) is 15.2 Å². The zero-order chi connectivity index (χ0) is 17.5. The molecule has 2 rings (SSSR count). The van der Waals surface area contributed by atoms with Gasteiger partial charge in [0.25, 0.3) is 11.8 Å². The number of hydrogen-bond donors (Lipinski definition) is 1. The highest BCUT2D eigenvalue weighted by molar-refractivity contribution is 5.94. The van der Waals surface area contributed by atoms with Gasteiger partial charge in [0.15, 0.2) is 6.61 Å². The van der Waals surface area contributed by atoms with Crippen molar-refractivity contribution in [3.63, 3.8) is 0 Å². The number of nitrogens with zero attached hydrogens (tertiary/aromatic N) is 2. The van der Waals surface area contributed by atoms with Crippen LogP contribution in [0.1, 0.15) is 10.4 Å². The second-order valence-electron chi connectivity index (χ2n) is 6.24. The molecule has 1 fully saturated rings. The fraction of sp³-hybridized carbons (Fsp3) is 0.529. The maximum atomic E-state index is 12.8. The van der Waals surface area contributed by atoms with Gasteiger partial charge in [0, 0.05) is 31.1 Å². The number of rotatable bonds is 6. The molecular formula is C17H25N3O4. The van der Waals surface area contributed by atoms with Crippen molar-refractivity contribution in [3.05, 3.63) is 29.8 Å². The molecule has 7 heteroatoms. The number of nitrogens with two attached hydrogens (primary N) is 1. The van der Waals surface area contributed by atoms with Crippen molar-refractivity contribution in [1.29, 1.82) is 0 Å². The Balaban J connectivity index is 2.06. The van der Waals surface area contributed by atoms with Crippen LogP contribution in [0.4, 0.5) is 0 Å². The van der Waals surface area contributed by atoms with Crippen molar-refractivity contribution in [3.8, 4) is 5.75 Å². The molecule has 7 nitrogen and oxygen atoms in total. The molecule has 2 N–H and O–H groups in total. The highest BCUT2D eigenvalue weighted by Gasteiger charge is 2.24. The summed E-state index contributed by atoms with van der Waals surface area (Å²) in [5.41, 5.74) is 5.60. The Kier molecular flexibility index (Phi) is 6.57. The number of primary amides is 1. The Bertz CT molecular complexity index is 577. The molecule has 1 aliphatic heterocycles. The molecule has 0 aromatic heterocycles. The molecule has 1 atom stereocenters. The highest BCUT2D eigenvalue weighted by Crippen LogP contribution is 2.17. The fourth-order valence-electron chi connectivity index (χ4n) is 2.75. The molecule has 0 aliphatic carbocycles. The average Bonchev–Trinajstić information content (AvgIpc) is 2.77. The fourth-order valence-corrected chi connectivity index (χ4v) is 2.75. The summed E-state index contributed by atoms with van der Waals surface area (Å²) in [6.45, 7) is 3.07. The normalized spacial score (nSPS) is 18.3. The van der Waals surface area contributed by atoms with Gasteiger partial charge in [-0.05, 0) is 32.3 Å². The van der Waals surface area contributed by atoms with Crippen LogP contribution in [0.5, 0.6) is 5.75 Å². The molecule has 0 unspecified atom stereocenters. The largest absolute Gasteiger partial charge is 0.484 e. The first-order chi connectivity index (χ1) is 11.5. The predicted molar refractivity (Wildman–Crippen MR) is 89.9 cm³/mol. The van der Waals surface area contributed by atoms with Crippen LogP contribution in [-0.2, 0) is 9.53 Å². The molecule has 2 amide bonds. The standard InChI is InChI=1S/C17H25N3O4/c1-19(2)9-13-10-20(6-7-23-11-13)17(22)14-4-3-5-15(8-14)24-12-16(18)21/h3-5,8,13H,6-7,9-12H2,1-2H3,(H2,18,21)/t13-/m0/s1. The highest BCUT2D eigenvalue weighted by atomic mass is 16.5. The summed E-state index contributed by atoms with van der Waals surface area (Å²) < 4.78 is 10.9. The lowest BCUT2D eigenvalue weighted by molar-refractivity contribution is -0.119. The Morgan fingerprint density at radius 3 is 2.92 bits per heavy atom. The second-order valence-corrected chi connectivity index (χ2v) is 6.24. The van der Waals surface area contributed by atoms with Crippen LogP contribution in [0, 0.1) is 5.92 Å². The van der Waals surface area contributed by atoms with Crippen molar-refractivity contribution >= 4 is 11.8 Å². The molecule has 132 valence electrons. The van der Waals surface area contributed by atoms with Crippen molar-refractivity contribution in [2.75, 3.05) is 53.6 Å². The first kappa shape index (κ1) is 18.2. The average molecular weight is 335 g/mol. The van der Waals surface area contributed by atoms with Crippen LogP contribution >= 0.6 is 0 Å². The molecule has 0 saturated carbocycles. The summed E-state index contributed by atoms with van der Waals surface area (Å²) >= 11 is 0. The number of carbonyl (C=O) groups is 2. The Morgan fingerprint density at radius 1 is 1.42 bits per heavy atom. The molecule has 1 aromatic rings. The zero-order valence-corrected chi connectivity index (χ0v) is 14.2. The molecule has 1 aromatic carbocycles. The van der Waals surface area contributed by atoms with E-state index in [0.29, 0.717) is 37.6 Å². The third-order valence-electron chi connectivity index (χ3n) is 3.71. The van der Waals surface area contributed by atoms with Gasteiger partial charge in [-0.3, -0.25) is 9.59 Å². The van der Waals surface area contributed by atoms with E-state index in [1.807, 2.05) is 19.0 Å². The Labute approximate surface area is 142 Å². The topological polar surface area (TPSA) is 85.1 Å². The quantitative estimate of drug-likeness (QED) is 0.803. The summed E-state index contributed by atoms with van der Waals surface area (Å²) in [7, 11) is 4.02. The van der Waals surface area contributed by atoms with Gasteiger partial charge < -0.3 is 25.0 Å². The number of benzene rings is 1. The van der Waals surface area contributed by atoms with Gasteiger partial charge in [-0.25, -0.2) is 0 Å². The molecule has 24 heavy (non-hydrogen) atoms. The van der Waals surface area contributed by atoms with Crippen LogP contribution in [0.25, 0.3) is 0 Å². The summed E-state index contributed by atoms with van der Waals surface area (Å²) in [5, 5.41) is 0. The van der Waals surface area contributed by atoms with E-state index in [1.165, 1.54) is 0 Å². The van der Waals surface area contributed by atoms with Crippen LogP contribution in [0.3, 0.4) is 0 Å². The summed E-state index contributed by atoms with van der Waals surface area (Å²) in [4.78, 5) is 27.5. The number of hydrogen-bond acceptors (Lipinski definition) is 5. The van der Waals surface area contributed by atoms with Gasteiger partial charge in [-0.2, -0.15) is 0 Å². The van der Waals surface area contributed by atoms with E-state index in [0.717, 1.165) is 6.54 Å². The lowest BCUT2D eigenvalue weighted by atomic mass is 10.1. The van der Waals surface area contributed by atoms with Crippen molar-refractivity contribution in [2.24, 2.45) is 11.7 Å². The molecule has 1 saturated heterocycles. The molecule has 0 bridgehead atoms. The monoisotopic (exact) mass is 335 g/mol. The minimum absolute atomic E-state index is 0.0613. The second kappa shape index (κ2) is 8.65. The minimum atomic E-state index is -0.553. The van der Waals surface area contributed by atoms with Gasteiger partial charge in [-0.15, -0.1) is 0 Å². The van der Waals surface area contributed by atoms with Crippen LogP contribution in [0.2, 0.25) is 0 Å². The first-order valence-corrected chi connectivity index (χ1v) is 7.98. The van der Waals surface area contributed by atoms with E-state index in [9.17, 15) is 9.59 Å². The molecule has 1 aliphatic rings. The van der Waals surface area contributed by atoms with E-state index < -0.39 is 5.91 Å². The predicted octanol–water partition coefficient (Wildman–Crippen LogP) is 0.201. The first-order valence-electron chi connectivity index (χ1n) is 7.98. The number of carbonyl (C=O) groups excluding carboxylic acids is 2.